The molecule has 1 heterocycles. The summed E-state index contributed by atoms with van der Waals surface area (Å²) in [4.78, 5) is 2.59. The predicted molar refractivity (Wildman–Crippen MR) is 80.9 cm³/mol. The molecule has 1 aliphatic heterocycles. The van der Waals surface area contributed by atoms with E-state index in [0.29, 0.717) is 12.0 Å². The fourth-order valence-corrected chi connectivity index (χ4v) is 3.97. The third-order valence-corrected chi connectivity index (χ3v) is 5.11. The summed E-state index contributed by atoms with van der Waals surface area (Å²) in [6.07, 6.45) is 4.52. The molecule has 0 aromatic carbocycles. The highest BCUT2D eigenvalue weighted by atomic mass is 16.5. The lowest BCUT2D eigenvalue weighted by molar-refractivity contribution is -0.0115. The van der Waals surface area contributed by atoms with Crippen molar-refractivity contribution in [3.05, 3.63) is 0 Å². The van der Waals surface area contributed by atoms with Crippen LogP contribution in [0.25, 0.3) is 0 Å². The molecule has 3 N–H and O–H groups in total. The second-order valence-electron chi connectivity index (χ2n) is 5.58. The van der Waals surface area contributed by atoms with Gasteiger partial charge in [-0.3, -0.25) is 16.2 Å². The van der Waals surface area contributed by atoms with Crippen molar-refractivity contribution >= 4 is 0 Å². The number of likely N-dealkylation sites (N-methyl/N-ethyl adjacent to an activating group) is 1. The molecule has 0 aromatic rings. The zero-order valence-electron chi connectivity index (χ0n) is 13.2. The molecule has 1 atom stereocenters. The van der Waals surface area contributed by atoms with E-state index in [9.17, 15) is 0 Å². The Balaban J connectivity index is 2.97. The molecule has 114 valence electrons. The van der Waals surface area contributed by atoms with E-state index in [1.165, 1.54) is 0 Å². The minimum atomic E-state index is 0.167. The minimum Gasteiger partial charge on any atom is -0.381 e. The van der Waals surface area contributed by atoms with Crippen molar-refractivity contribution in [3.8, 4) is 0 Å². The highest BCUT2D eigenvalue weighted by Gasteiger charge is 2.43. The Morgan fingerprint density at radius 2 is 1.68 bits per heavy atom. The van der Waals surface area contributed by atoms with Gasteiger partial charge in [0.15, 0.2) is 0 Å². The van der Waals surface area contributed by atoms with Crippen LogP contribution in [0.4, 0.5) is 0 Å². The molecular weight excluding hydrogens is 238 g/mol. The number of hydrogen-bond donors (Lipinski definition) is 2. The molecule has 1 saturated heterocycles. The fraction of sp³-hybridized carbons (Fsp3) is 1.00. The molecule has 0 saturated carbocycles. The summed E-state index contributed by atoms with van der Waals surface area (Å²) in [6.45, 7) is 13.0. The Morgan fingerprint density at radius 3 is 2.05 bits per heavy atom. The monoisotopic (exact) mass is 271 g/mol. The van der Waals surface area contributed by atoms with E-state index in [0.717, 1.165) is 52.0 Å². The molecule has 0 aliphatic carbocycles. The Kier molecular flexibility index (Phi) is 7.29. The number of nitrogens with two attached hydrogens (primary N) is 1. The van der Waals surface area contributed by atoms with Crippen LogP contribution in [0, 0.1) is 5.92 Å². The molecule has 1 unspecified atom stereocenters. The van der Waals surface area contributed by atoms with E-state index in [-0.39, 0.29) is 5.54 Å². The van der Waals surface area contributed by atoms with Crippen LogP contribution in [0.1, 0.15) is 53.4 Å². The SMILES string of the molecule is CCN(CC)C(CC)(CC)C(NN)C1CCOCC1. The Labute approximate surface area is 119 Å². The zero-order valence-corrected chi connectivity index (χ0v) is 13.2. The molecule has 0 spiro atoms. The maximum absolute atomic E-state index is 5.97. The number of rotatable bonds is 8. The van der Waals surface area contributed by atoms with Crippen molar-refractivity contribution in [2.45, 2.75) is 65.0 Å². The van der Waals surface area contributed by atoms with Crippen LogP contribution in [0.5, 0.6) is 0 Å². The number of ether oxygens (including phenoxy) is 1. The van der Waals surface area contributed by atoms with Gasteiger partial charge in [-0.25, -0.2) is 0 Å². The first-order valence-corrected chi connectivity index (χ1v) is 7.98. The summed E-state index contributed by atoms with van der Waals surface area (Å²) in [5.74, 6) is 6.59. The summed E-state index contributed by atoms with van der Waals surface area (Å²) >= 11 is 0. The van der Waals surface area contributed by atoms with Gasteiger partial charge in [0.1, 0.15) is 0 Å². The molecule has 0 radical (unpaired) electrons. The van der Waals surface area contributed by atoms with Crippen molar-refractivity contribution in [2.24, 2.45) is 11.8 Å². The van der Waals surface area contributed by atoms with Crippen molar-refractivity contribution in [1.82, 2.24) is 10.3 Å². The summed E-state index contributed by atoms with van der Waals surface area (Å²) in [5.41, 5.74) is 3.33. The Morgan fingerprint density at radius 1 is 1.16 bits per heavy atom. The van der Waals surface area contributed by atoms with Gasteiger partial charge in [0, 0.05) is 24.8 Å². The molecule has 0 bridgehead atoms. The van der Waals surface area contributed by atoms with Crippen molar-refractivity contribution in [2.75, 3.05) is 26.3 Å². The highest BCUT2D eigenvalue weighted by Crippen LogP contribution is 2.35. The molecule has 0 amide bonds. The van der Waals surface area contributed by atoms with Crippen LogP contribution >= 0.6 is 0 Å². The van der Waals surface area contributed by atoms with Gasteiger partial charge in [0.2, 0.25) is 0 Å². The van der Waals surface area contributed by atoms with Crippen molar-refractivity contribution in [3.63, 3.8) is 0 Å². The highest BCUT2D eigenvalue weighted by molar-refractivity contribution is 5.01. The number of hydrogen-bond acceptors (Lipinski definition) is 4. The molecule has 19 heavy (non-hydrogen) atoms. The van der Waals surface area contributed by atoms with Crippen LogP contribution in [0.2, 0.25) is 0 Å². The van der Waals surface area contributed by atoms with Gasteiger partial charge in [-0.15, -0.1) is 0 Å². The maximum atomic E-state index is 5.97. The summed E-state index contributed by atoms with van der Waals surface area (Å²) in [5, 5.41) is 0. The predicted octanol–water partition coefficient (Wildman–Crippen LogP) is 2.15. The molecule has 4 nitrogen and oxygen atoms in total. The maximum Gasteiger partial charge on any atom is 0.0469 e. The van der Waals surface area contributed by atoms with E-state index in [2.05, 4.69) is 38.0 Å². The molecule has 1 aliphatic rings. The van der Waals surface area contributed by atoms with Crippen LogP contribution in [-0.2, 0) is 4.74 Å². The summed E-state index contributed by atoms with van der Waals surface area (Å²) in [6, 6.07) is 0.353. The zero-order chi connectivity index (χ0) is 14.3. The lowest BCUT2D eigenvalue weighted by Crippen LogP contribution is -2.65. The number of hydrazine groups is 1. The fourth-order valence-electron chi connectivity index (χ4n) is 3.97. The smallest absolute Gasteiger partial charge is 0.0469 e. The molecular formula is C15H33N3O. The normalized spacial score (nSPS) is 19.9. The average Bonchev–Trinajstić information content (AvgIpc) is 2.48. The second kappa shape index (κ2) is 8.20. The van der Waals surface area contributed by atoms with Gasteiger partial charge in [-0.2, -0.15) is 0 Å². The van der Waals surface area contributed by atoms with E-state index < -0.39 is 0 Å². The lowest BCUT2D eigenvalue weighted by atomic mass is 9.74. The second-order valence-corrected chi connectivity index (χ2v) is 5.58. The van der Waals surface area contributed by atoms with E-state index in [1.54, 1.807) is 0 Å². The van der Waals surface area contributed by atoms with Crippen molar-refractivity contribution in [1.29, 1.82) is 0 Å². The number of nitrogens with one attached hydrogen (secondary N) is 1. The third kappa shape index (κ3) is 3.48. The van der Waals surface area contributed by atoms with Gasteiger partial charge >= 0.3 is 0 Å². The molecule has 1 fully saturated rings. The molecule has 1 rings (SSSR count). The van der Waals surface area contributed by atoms with Gasteiger partial charge in [-0.1, -0.05) is 27.7 Å². The quantitative estimate of drug-likeness (QED) is 0.524. The standard InChI is InChI=1S/C15H33N3O/c1-5-15(6-2,18(7-3)8-4)14(17-16)13-9-11-19-12-10-13/h13-14,17H,5-12,16H2,1-4H3. The topological polar surface area (TPSA) is 50.5 Å². The van der Waals surface area contributed by atoms with E-state index >= 15 is 0 Å². The minimum absolute atomic E-state index is 0.167. The largest absolute Gasteiger partial charge is 0.381 e. The summed E-state index contributed by atoms with van der Waals surface area (Å²) < 4.78 is 5.51. The van der Waals surface area contributed by atoms with Gasteiger partial charge in [0.25, 0.3) is 0 Å². The summed E-state index contributed by atoms with van der Waals surface area (Å²) in [7, 11) is 0. The van der Waals surface area contributed by atoms with Crippen LogP contribution < -0.4 is 11.3 Å². The van der Waals surface area contributed by atoms with Crippen LogP contribution in [0.3, 0.4) is 0 Å². The Bertz CT molecular complexity index is 234. The third-order valence-electron chi connectivity index (χ3n) is 5.11. The van der Waals surface area contributed by atoms with Crippen LogP contribution in [-0.4, -0.2) is 42.8 Å². The van der Waals surface area contributed by atoms with Gasteiger partial charge in [-0.05, 0) is 44.7 Å². The van der Waals surface area contributed by atoms with Gasteiger partial charge in [0.05, 0.1) is 0 Å². The van der Waals surface area contributed by atoms with Crippen LogP contribution in [0.15, 0.2) is 0 Å². The first kappa shape index (κ1) is 16.9. The first-order valence-electron chi connectivity index (χ1n) is 7.98. The Hall–Kier alpha value is -0.160. The lowest BCUT2D eigenvalue weighted by Gasteiger charge is -2.51. The van der Waals surface area contributed by atoms with E-state index in [1.807, 2.05) is 0 Å². The number of nitrogens with zero attached hydrogens (tertiary/aromatic N) is 1. The molecule has 0 aromatic heterocycles. The van der Waals surface area contributed by atoms with E-state index in [4.69, 9.17) is 10.6 Å². The van der Waals surface area contributed by atoms with Gasteiger partial charge < -0.3 is 4.74 Å². The first-order chi connectivity index (χ1) is 9.19. The van der Waals surface area contributed by atoms with Crippen molar-refractivity contribution < 1.29 is 4.74 Å². The molecule has 4 heteroatoms. The average molecular weight is 271 g/mol.